The normalized spacial score (nSPS) is 25.1. The summed E-state index contributed by atoms with van der Waals surface area (Å²) in [5.41, 5.74) is 0.591. The molecular formula is C11H11ClF2O. The van der Waals surface area contributed by atoms with Gasteiger partial charge in [0, 0.05) is 10.6 Å². The van der Waals surface area contributed by atoms with Crippen LogP contribution < -0.4 is 0 Å². The molecule has 4 heteroatoms. The van der Waals surface area contributed by atoms with Crippen LogP contribution in [0.15, 0.2) is 6.07 Å². The van der Waals surface area contributed by atoms with Crippen LogP contribution in [0.3, 0.4) is 0 Å². The average Bonchev–Trinajstić information content (AvgIpc) is 2.18. The molecule has 82 valence electrons. The van der Waals surface area contributed by atoms with Crippen molar-refractivity contribution in [3.8, 4) is 0 Å². The second-order valence-corrected chi connectivity index (χ2v) is 4.38. The van der Waals surface area contributed by atoms with Gasteiger partial charge in [-0.05, 0) is 30.4 Å². The lowest BCUT2D eigenvalue weighted by molar-refractivity contribution is 0.145. The molecule has 0 aliphatic heterocycles. The minimum Gasteiger partial charge on any atom is -0.388 e. The van der Waals surface area contributed by atoms with Gasteiger partial charge in [0.1, 0.15) is 0 Å². The van der Waals surface area contributed by atoms with Gasteiger partial charge in [-0.15, -0.1) is 0 Å². The van der Waals surface area contributed by atoms with Gasteiger partial charge in [0.25, 0.3) is 0 Å². The molecule has 1 nitrogen and oxygen atoms in total. The Balaban J connectivity index is 2.71. The molecule has 1 aliphatic carbocycles. The largest absolute Gasteiger partial charge is 0.388 e. The Morgan fingerprint density at radius 3 is 2.67 bits per heavy atom. The minimum atomic E-state index is -0.994. The molecule has 1 aromatic rings. The number of benzene rings is 1. The molecule has 0 saturated heterocycles. The van der Waals surface area contributed by atoms with Gasteiger partial charge in [0.15, 0.2) is 11.6 Å². The molecule has 1 aliphatic rings. The summed E-state index contributed by atoms with van der Waals surface area (Å²) in [5, 5.41) is 9.85. The molecule has 2 atom stereocenters. The van der Waals surface area contributed by atoms with Crippen molar-refractivity contribution in [3.63, 3.8) is 0 Å². The van der Waals surface area contributed by atoms with E-state index < -0.39 is 17.7 Å². The van der Waals surface area contributed by atoms with E-state index in [0.29, 0.717) is 12.0 Å². The summed E-state index contributed by atoms with van der Waals surface area (Å²) in [6, 6.07) is 0.976. The van der Waals surface area contributed by atoms with Crippen molar-refractivity contribution >= 4 is 11.6 Å². The lowest BCUT2D eigenvalue weighted by atomic mass is 9.82. The fraction of sp³-hybridized carbons (Fsp3) is 0.455. The Morgan fingerprint density at radius 1 is 1.33 bits per heavy atom. The Kier molecular flexibility index (Phi) is 2.69. The third-order valence-electron chi connectivity index (χ3n) is 2.95. The second kappa shape index (κ2) is 3.72. The number of rotatable bonds is 0. The Bertz CT molecular complexity index is 406. The monoisotopic (exact) mass is 232 g/mol. The van der Waals surface area contributed by atoms with Crippen LogP contribution >= 0.6 is 11.6 Å². The molecule has 0 bridgehead atoms. The molecule has 0 saturated carbocycles. The van der Waals surface area contributed by atoms with Crippen molar-refractivity contribution in [3.05, 3.63) is 33.9 Å². The number of halogens is 3. The Hall–Kier alpha value is -0.670. The van der Waals surface area contributed by atoms with Crippen LogP contribution in [-0.4, -0.2) is 5.11 Å². The molecule has 15 heavy (non-hydrogen) atoms. The maximum absolute atomic E-state index is 13.5. The van der Waals surface area contributed by atoms with E-state index in [9.17, 15) is 13.9 Å². The zero-order valence-electron chi connectivity index (χ0n) is 8.23. The highest BCUT2D eigenvalue weighted by Crippen LogP contribution is 2.42. The lowest BCUT2D eigenvalue weighted by Crippen LogP contribution is -2.16. The van der Waals surface area contributed by atoms with E-state index in [0.717, 1.165) is 12.5 Å². The molecule has 1 N–H and O–H groups in total. The van der Waals surface area contributed by atoms with Crippen molar-refractivity contribution in [2.45, 2.75) is 31.8 Å². The van der Waals surface area contributed by atoms with Crippen molar-refractivity contribution in [1.29, 1.82) is 0 Å². The average molecular weight is 233 g/mol. The molecule has 0 spiro atoms. The third-order valence-corrected chi connectivity index (χ3v) is 3.26. The van der Waals surface area contributed by atoms with Gasteiger partial charge in [-0.1, -0.05) is 18.5 Å². The van der Waals surface area contributed by atoms with Crippen LogP contribution in [0, 0.1) is 11.6 Å². The Labute approximate surface area is 91.7 Å². The van der Waals surface area contributed by atoms with Gasteiger partial charge in [-0.25, -0.2) is 8.78 Å². The van der Waals surface area contributed by atoms with Crippen molar-refractivity contribution in [1.82, 2.24) is 0 Å². The van der Waals surface area contributed by atoms with Gasteiger partial charge in [0.2, 0.25) is 0 Å². The van der Waals surface area contributed by atoms with E-state index in [1.165, 1.54) is 0 Å². The van der Waals surface area contributed by atoms with Crippen molar-refractivity contribution in [2.75, 3.05) is 0 Å². The SMILES string of the molecule is CC1CCC(O)c2c(F)c(F)cc(Cl)c21. The minimum absolute atomic E-state index is 0.0405. The van der Waals surface area contributed by atoms with Crippen LogP contribution in [0.1, 0.15) is 42.9 Å². The summed E-state index contributed by atoms with van der Waals surface area (Å²) in [7, 11) is 0. The standard InChI is InChI=1S/C11H11ClF2O/c1-5-2-3-8(15)10-9(5)6(12)4-7(13)11(10)14/h4-5,8,15H,2-3H2,1H3. The molecule has 0 radical (unpaired) electrons. The zero-order valence-corrected chi connectivity index (χ0v) is 8.98. The second-order valence-electron chi connectivity index (χ2n) is 3.98. The van der Waals surface area contributed by atoms with Crippen LogP contribution in [-0.2, 0) is 0 Å². The maximum Gasteiger partial charge on any atom is 0.165 e. The number of aliphatic hydroxyl groups excluding tert-OH is 1. The topological polar surface area (TPSA) is 20.2 Å². The molecule has 1 aromatic carbocycles. The van der Waals surface area contributed by atoms with Crippen molar-refractivity contribution in [2.24, 2.45) is 0 Å². The van der Waals surface area contributed by atoms with E-state index >= 15 is 0 Å². The highest BCUT2D eigenvalue weighted by molar-refractivity contribution is 6.31. The molecule has 2 unspecified atom stereocenters. The lowest BCUT2D eigenvalue weighted by Gasteiger charge is -2.28. The van der Waals surface area contributed by atoms with E-state index in [1.54, 1.807) is 0 Å². The molecule has 2 rings (SSSR count). The maximum atomic E-state index is 13.5. The number of hydrogen-bond acceptors (Lipinski definition) is 1. The predicted octanol–water partition coefficient (Wildman–Crippen LogP) is 3.55. The summed E-state index contributed by atoms with van der Waals surface area (Å²) in [4.78, 5) is 0. The van der Waals surface area contributed by atoms with E-state index in [1.807, 2.05) is 6.92 Å². The van der Waals surface area contributed by atoms with Crippen LogP contribution in [0.5, 0.6) is 0 Å². The van der Waals surface area contributed by atoms with Gasteiger partial charge >= 0.3 is 0 Å². The van der Waals surface area contributed by atoms with Crippen LogP contribution in [0.4, 0.5) is 8.78 Å². The first-order valence-corrected chi connectivity index (χ1v) is 5.25. The molecular weight excluding hydrogens is 222 g/mol. The number of aliphatic hydroxyl groups is 1. The fourth-order valence-electron chi connectivity index (χ4n) is 2.15. The van der Waals surface area contributed by atoms with E-state index in [-0.39, 0.29) is 16.5 Å². The fourth-order valence-corrected chi connectivity index (χ4v) is 2.53. The zero-order chi connectivity index (χ0) is 11.2. The quantitative estimate of drug-likeness (QED) is 0.679. The first-order chi connectivity index (χ1) is 7.02. The molecule has 0 aromatic heterocycles. The van der Waals surface area contributed by atoms with E-state index in [2.05, 4.69) is 0 Å². The van der Waals surface area contributed by atoms with Gasteiger partial charge in [-0.3, -0.25) is 0 Å². The van der Waals surface area contributed by atoms with Gasteiger partial charge in [0.05, 0.1) is 6.10 Å². The summed E-state index contributed by atoms with van der Waals surface area (Å²) < 4.78 is 26.6. The summed E-state index contributed by atoms with van der Waals surface area (Å²) in [5.74, 6) is -1.90. The van der Waals surface area contributed by atoms with Gasteiger partial charge < -0.3 is 5.11 Å². The summed E-state index contributed by atoms with van der Waals surface area (Å²) in [6.07, 6.45) is 0.244. The summed E-state index contributed by atoms with van der Waals surface area (Å²) in [6.45, 7) is 1.90. The first kappa shape index (κ1) is 10.8. The highest BCUT2D eigenvalue weighted by Gasteiger charge is 2.30. The van der Waals surface area contributed by atoms with Gasteiger partial charge in [-0.2, -0.15) is 0 Å². The van der Waals surface area contributed by atoms with Crippen LogP contribution in [0.25, 0.3) is 0 Å². The molecule has 0 heterocycles. The smallest absolute Gasteiger partial charge is 0.165 e. The Morgan fingerprint density at radius 2 is 2.00 bits per heavy atom. The first-order valence-electron chi connectivity index (χ1n) is 4.87. The van der Waals surface area contributed by atoms with E-state index in [4.69, 9.17) is 11.6 Å². The third kappa shape index (κ3) is 1.64. The molecule has 0 amide bonds. The number of hydrogen-bond donors (Lipinski definition) is 1. The highest BCUT2D eigenvalue weighted by atomic mass is 35.5. The van der Waals surface area contributed by atoms with Crippen molar-refractivity contribution < 1.29 is 13.9 Å². The summed E-state index contributed by atoms with van der Waals surface area (Å²) >= 11 is 5.86. The van der Waals surface area contributed by atoms with Crippen LogP contribution in [0.2, 0.25) is 5.02 Å². The number of fused-ring (bicyclic) bond motifs is 1. The molecule has 0 fully saturated rings. The predicted molar refractivity (Wildman–Crippen MR) is 54.0 cm³/mol.